The molecule has 2 saturated heterocycles. The molecule has 0 amide bonds. The summed E-state index contributed by atoms with van der Waals surface area (Å²) in [4.78, 5) is 0. The van der Waals surface area contributed by atoms with Gasteiger partial charge in [-0.2, -0.15) is 26.6 Å². The summed E-state index contributed by atoms with van der Waals surface area (Å²) in [5.41, 5.74) is 0.666. The van der Waals surface area contributed by atoms with E-state index in [1.807, 2.05) is 24.4 Å². The minimum atomic E-state index is -3.44. The average molecular weight is 418 g/mol. The summed E-state index contributed by atoms with van der Waals surface area (Å²) < 4.78 is 37.5. The van der Waals surface area contributed by atoms with Crippen molar-refractivity contribution in [3.63, 3.8) is 0 Å². The Morgan fingerprint density at radius 1 is 1.00 bits per heavy atom. The van der Waals surface area contributed by atoms with E-state index < -0.39 is 10.2 Å². The van der Waals surface area contributed by atoms with Crippen LogP contribution in [0.15, 0.2) is 30.6 Å². The zero-order valence-corrected chi connectivity index (χ0v) is 16.6. The zero-order chi connectivity index (χ0) is 19.8. The quantitative estimate of drug-likeness (QED) is 0.589. The lowest BCUT2D eigenvalue weighted by Gasteiger charge is -2.35. The summed E-state index contributed by atoms with van der Waals surface area (Å²) in [6.45, 7) is 2.64. The SMILES string of the molecule is O=S(=O)(N1CCOCC1)N1CCC(c2nnc3ccc(-n4cccn4)nn23)CC1. The second-order valence-corrected chi connectivity index (χ2v) is 9.09. The van der Waals surface area contributed by atoms with Gasteiger partial charge in [0.2, 0.25) is 0 Å². The number of ether oxygens (including phenoxy) is 1. The number of aromatic nitrogens is 6. The first-order valence-corrected chi connectivity index (χ1v) is 11.1. The van der Waals surface area contributed by atoms with Crippen LogP contribution in [-0.4, -0.2) is 86.0 Å². The molecule has 12 heteroatoms. The smallest absolute Gasteiger partial charge is 0.282 e. The summed E-state index contributed by atoms with van der Waals surface area (Å²) in [6, 6.07) is 5.54. The molecule has 0 aromatic carbocycles. The van der Waals surface area contributed by atoms with Crippen LogP contribution in [-0.2, 0) is 14.9 Å². The van der Waals surface area contributed by atoms with Crippen molar-refractivity contribution >= 4 is 15.9 Å². The van der Waals surface area contributed by atoms with Gasteiger partial charge in [0.15, 0.2) is 17.3 Å². The van der Waals surface area contributed by atoms with Crippen molar-refractivity contribution in [2.45, 2.75) is 18.8 Å². The summed E-state index contributed by atoms with van der Waals surface area (Å²) >= 11 is 0. The fraction of sp³-hybridized carbons (Fsp3) is 0.529. The molecular weight excluding hydrogens is 396 g/mol. The third-order valence-corrected chi connectivity index (χ3v) is 7.49. The summed E-state index contributed by atoms with van der Waals surface area (Å²) in [5.74, 6) is 1.54. The third-order valence-electron chi connectivity index (χ3n) is 5.45. The number of piperidine rings is 1. The van der Waals surface area contributed by atoms with Gasteiger partial charge in [0.25, 0.3) is 10.2 Å². The maximum atomic E-state index is 12.9. The molecule has 0 atom stereocenters. The highest BCUT2D eigenvalue weighted by atomic mass is 32.2. The lowest BCUT2D eigenvalue weighted by atomic mass is 9.97. The number of fused-ring (bicyclic) bond motifs is 1. The molecule has 0 radical (unpaired) electrons. The normalized spacial score (nSPS) is 20.4. The van der Waals surface area contributed by atoms with E-state index in [2.05, 4.69) is 20.4 Å². The molecule has 0 bridgehead atoms. The average Bonchev–Trinajstić information content (AvgIpc) is 3.44. The molecule has 0 saturated carbocycles. The number of hydrogen-bond donors (Lipinski definition) is 0. The first-order valence-electron chi connectivity index (χ1n) is 9.68. The molecule has 2 aliphatic rings. The van der Waals surface area contributed by atoms with Crippen molar-refractivity contribution in [2.75, 3.05) is 39.4 Å². The third kappa shape index (κ3) is 3.41. The topological polar surface area (TPSA) is 111 Å². The van der Waals surface area contributed by atoms with Gasteiger partial charge >= 0.3 is 0 Å². The summed E-state index contributed by atoms with van der Waals surface area (Å²) in [7, 11) is -3.44. The summed E-state index contributed by atoms with van der Waals surface area (Å²) in [6.07, 6.45) is 4.88. The maximum absolute atomic E-state index is 12.9. The van der Waals surface area contributed by atoms with E-state index in [0.717, 1.165) is 5.82 Å². The van der Waals surface area contributed by atoms with Crippen LogP contribution >= 0.6 is 0 Å². The van der Waals surface area contributed by atoms with E-state index in [1.165, 1.54) is 4.31 Å². The predicted octanol–water partition coefficient (Wildman–Crippen LogP) is 0.0664. The van der Waals surface area contributed by atoms with Crippen molar-refractivity contribution in [1.29, 1.82) is 0 Å². The van der Waals surface area contributed by atoms with Crippen LogP contribution in [0.5, 0.6) is 0 Å². The second kappa shape index (κ2) is 7.44. The highest BCUT2D eigenvalue weighted by Gasteiger charge is 2.35. The Hall–Kier alpha value is -2.41. The Morgan fingerprint density at radius 2 is 1.76 bits per heavy atom. The number of hydrogen-bond acceptors (Lipinski definition) is 7. The van der Waals surface area contributed by atoms with Crippen LogP contribution in [0.25, 0.3) is 11.5 Å². The van der Waals surface area contributed by atoms with Gasteiger partial charge in [0.1, 0.15) is 0 Å². The highest BCUT2D eigenvalue weighted by Crippen LogP contribution is 2.29. The van der Waals surface area contributed by atoms with Crippen LogP contribution in [0.4, 0.5) is 0 Å². The number of rotatable bonds is 4. The fourth-order valence-corrected chi connectivity index (χ4v) is 5.47. The van der Waals surface area contributed by atoms with Crippen molar-refractivity contribution in [2.24, 2.45) is 0 Å². The van der Waals surface area contributed by atoms with Crippen molar-refractivity contribution < 1.29 is 13.2 Å². The van der Waals surface area contributed by atoms with E-state index in [1.54, 1.807) is 19.7 Å². The molecule has 0 aliphatic carbocycles. The van der Waals surface area contributed by atoms with Gasteiger partial charge in [0, 0.05) is 44.5 Å². The molecule has 5 heterocycles. The van der Waals surface area contributed by atoms with Gasteiger partial charge < -0.3 is 4.74 Å². The molecule has 0 unspecified atom stereocenters. The van der Waals surface area contributed by atoms with Gasteiger partial charge in [-0.15, -0.1) is 15.3 Å². The van der Waals surface area contributed by atoms with E-state index in [4.69, 9.17) is 4.74 Å². The molecule has 29 heavy (non-hydrogen) atoms. The predicted molar refractivity (Wildman–Crippen MR) is 103 cm³/mol. The van der Waals surface area contributed by atoms with Crippen LogP contribution in [0.1, 0.15) is 24.6 Å². The maximum Gasteiger partial charge on any atom is 0.282 e. The molecule has 3 aromatic heterocycles. The number of morpholine rings is 1. The molecule has 2 aliphatic heterocycles. The Labute approximate surface area is 168 Å². The Kier molecular flexibility index (Phi) is 4.78. The molecule has 0 spiro atoms. The Morgan fingerprint density at radius 3 is 2.48 bits per heavy atom. The van der Waals surface area contributed by atoms with Crippen molar-refractivity contribution in [3.05, 3.63) is 36.4 Å². The van der Waals surface area contributed by atoms with Crippen molar-refractivity contribution in [3.8, 4) is 5.82 Å². The van der Waals surface area contributed by atoms with Crippen LogP contribution < -0.4 is 0 Å². The number of nitrogens with zero attached hydrogens (tertiary/aromatic N) is 8. The fourth-order valence-electron chi connectivity index (χ4n) is 3.86. The molecule has 2 fully saturated rings. The standard InChI is InChI=1S/C17H22N8O3S/c26-29(27,23-10-12-28-13-11-23)22-8-4-14(5-9-22)17-20-19-15-2-3-16(21-25(15)17)24-7-1-6-18-24/h1-3,6-7,14H,4-5,8-13H2. The van der Waals surface area contributed by atoms with E-state index >= 15 is 0 Å². The van der Waals surface area contributed by atoms with Gasteiger partial charge in [-0.05, 0) is 31.0 Å². The van der Waals surface area contributed by atoms with Crippen LogP contribution in [0.3, 0.4) is 0 Å². The van der Waals surface area contributed by atoms with Crippen LogP contribution in [0.2, 0.25) is 0 Å². The second-order valence-electron chi connectivity index (χ2n) is 7.16. The first-order chi connectivity index (χ1) is 14.1. The van der Waals surface area contributed by atoms with Crippen LogP contribution in [0, 0.1) is 0 Å². The Bertz CT molecular complexity index is 1080. The van der Waals surface area contributed by atoms with E-state index in [0.29, 0.717) is 63.7 Å². The van der Waals surface area contributed by atoms with Gasteiger partial charge in [-0.3, -0.25) is 0 Å². The molecule has 11 nitrogen and oxygen atoms in total. The van der Waals surface area contributed by atoms with Crippen molar-refractivity contribution in [1.82, 2.24) is 38.2 Å². The largest absolute Gasteiger partial charge is 0.379 e. The lowest BCUT2D eigenvalue weighted by Crippen LogP contribution is -2.50. The highest BCUT2D eigenvalue weighted by molar-refractivity contribution is 7.86. The molecule has 154 valence electrons. The van der Waals surface area contributed by atoms with Gasteiger partial charge in [-0.1, -0.05) is 0 Å². The minimum absolute atomic E-state index is 0.0986. The monoisotopic (exact) mass is 418 g/mol. The van der Waals surface area contributed by atoms with E-state index in [9.17, 15) is 8.42 Å². The molecular formula is C17H22N8O3S. The lowest BCUT2D eigenvalue weighted by molar-refractivity contribution is 0.0696. The molecule has 3 aromatic rings. The summed E-state index contributed by atoms with van der Waals surface area (Å²) in [5, 5.41) is 17.4. The Balaban J connectivity index is 1.34. The van der Waals surface area contributed by atoms with Gasteiger partial charge in [-0.25, -0.2) is 4.68 Å². The minimum Gasteiger partial charge on any atom is -0.379 e. The molecule has 5 rings (SSSR count). The first kappa shape index (κ1) is 18.6. The molecule has 0 N–H and O–H groups in total. The zero-order valence-electron chi connectivity index (χ0n) is 15.8. The van der Waals surface area contributed by atoms with Gasteiger partial charge in [0.05, 0.1) is 13.2 Å². The van der Waals surface area contributed by atoms with E-state index in [-0.39, 0.29) is 5.92 Å².